The summed E-state index contributed by atoms with van der Waals surface area (Å²) in [6, 6.07) is 5.37. The molecule has 1 N–H and O–H groups in total. The molecule has 0 radical (unpaired) electrons. The topological polar surface area (TPSA) is 46.5 Å². The Morgan fingerprint density at radius 3 is 2.00 bits per heavy atom. The van der Waals surface area contributed by atoms with Crippen molar-refractivity contribution in [2.24, 2.45) is 5.92 Å². The fraction of sp³-hybridized carbons (Fsp3) is 0.350. The highest BCUT2D eigenvalue weighted by Gasteiger charge is 2.38. The molecule has 0 aliphatic rings. The van der Waals surface area contributed by atoms with Gasteiger partial charge in [0.25, 0.3) is 0 Å². The summed E-state index contributed by atoms with van der Waals surface area (Å²) in [4.78, 5) is 12.0. The normalized spacial score (nSPS) is 12.9. The maximum Gasteiger partial charge on any atom is 0.307 e. The van der Waals surface area contributed by atoms with Crippen LogP contribution in [0.25, 0.3) is 0 Å². The van der Waals surface area contributed by atoms with Crippen LogP contribution < -0.4 is 0 Å². The zero-order chi connectivity index (χ0) is 21.2. The van der Waals surface area contributed by atoms with Gasteiger partial charge in [0.1, 0.15) is 5.82 Å². The zero-order valence-electron chi connectivity index (χ0n) is 15.5. The first kappa shape index (κ1) is 22.5. The molecule has 0 heterocycles. The predicted molar refractivity (Wildman–Crippen MR) is 101 cm³/mol. The number of carbonyl (C=O) groups is 1. The molecule has 0 aromatic heterocycles. The van der Waals surface area contributed by atoms with E-state index in [1.54, 1.807) is 13.8 Å². The molecule has 0 amide bonds. The molecule has 28 heavy (non-hydrogen) atoms. The highest BCUT2D eigenvalue weighted by Crippen LogP contribution is 2.40. The minimum absolute atomic E-state index is 0.138. The van der Waals surface area contributed by atoms with Crippen molar-refractivity contribution < 1.29 is 27.8 Å². The predicted octanol–water partition coefficient (Wildman–Crippen LogP) is 5.78. The molecule has 0 saturated heterocycles. The molecule has 0 bridgehead atoms. The van der Waals surface area contributed by atoms with Crippen LogP contribution in [0.1, 0.15) is 30.5 Å². The third kappa shape index (κ3) is 4.29. The first-order valence-corrected chi connectivity index (χ1v) is 9.09. The summed E-state index contributed by atoms with van der Waals surface area (Å²) >= 11 is 12.1. The van der Waals surface area contributed by atoms with Crippen LogP contribution in [0.2, 0.25) is 10.0 Å². The number of halogens is 5. The van der Waals surface area contributed by atoms with Gasteiger partial charge in [-0.25, -0.2) is 13.2 Å². The van der Waals surface area contributed by atoms with Gasteiger partial charge in [-0.15, -0.1) is 0 Å². The number of methoxy groups -OCH3 is 1. The Balaban J connectivity index is 2.53. The van der Waals surface area contributed by atoms with Crippen molar-refractivity contribution in [2.75, 3.05) is 7.11 Å². The lowest BCUT2D eigenvalue weighted by Gasteiger charge is -2.33. The van der Waals surface area contributed by atoms with Gasteiger partial charge in [-0.05, 0) is 29.7 Å². The lowest BCUT2D eigenvalue weighted by Crippen LogP contribution is -2.36. The van der Waals surface area contributed by atoms with Crippen LogP contribution in [0, 0.1) is 23.4 Å². The average Bonchev–Trinajstić information content (AvgIpc) is 2.63. The van der Waals surface area contributed by atoms with E-state index in [0.717, 1.165) is 0 Å². The molecule has 2 aromatic carbocycles. The summed E-state index contributed by atoms with van der Waals surface area (Å²) in [7, 11) is 1.26. The molecule has 0 aliphatic heterocycles. The van der Waals surface area contributed by atoms with E-state index in [9.17, 15) is 23.1 Å². The number of rotatable bonds is 7. The minimum atomic E-state index is -1.21. The number of aliphatic carboxylic acids is 1. The Morgan fingerprint density at radius 2 is 1.57 bits per heavy atom. The van der Waals surface area contributed by atoms with E-state index in [0.29, 0.717) is 5.56 Å². The first-order chi connectivity index (χ1) is 13.0. The van der Waals surface area contributed by atoms with Crippen LogP contribution >= 0.6 is 23.2 Å². The van der Waals surface area contributed by atoms with Crippen LogP contribution in [0.4, 0.5) is 13.2 Å². The fourth-order valence-electron chi connectivity index (χ4n) is 3.11. The first-order valence-electron chi connectivity index (χ1n) is 8.33. The summed E-state index contributed by atoms with van der Waals surface area (Å²) in [5.41, 5.74) is -1.03. The second kappa shape index (κ2) is 8.72. The third-order valence-electron chi connectivity index (χ3n) is 4.90. The lowest BCUT2D eigenvalue weighted by molar-refractivity contribution is -0.144. The maximum absolute atomic E-state index is 14.5. The van der Waals surface area contributed by atoms with Gasteiger partial charge < -0.3 is 9.84 Å². The van der Waals surface area contributed by atoms with Gasteiger partial charge in [-0.3, -0.25) is 4.79 Å². The van der Waals surface area contributed by atoms with E-state index >= 15 is 0 Å². The highest BCUT2D eigenvalue weighted by atomic mass is 35.5. The van der Waals surface area contributed by atoms with Gasteiger partial charge in [-0.2, -0.15) is 0 Å². The van der Waals surface area contributed by atoms with Gasteiger partial charge in [0.15, 0.2) is 11.6 Å². The van der Waals surface area contributed by atoms with Gasteiger partial charge in [0, 0.05) is 12.5 Å². The van der Waals surface area contributed by atoms with E-state index in [-0.39, 0.29) is 18.6 Å². The molecule has 8 heteroatoms. The maximum atomic E-state index is 14.5. The molecule has 0 saturated carbocycles. The summed E-state index contributed by atoms with van der Waals surface area (Å²) in [6.45, 7) is 2.92. The number of ether oxygens (including phenoxy) is 1. The molecule has 3 nitrogen and oxygen atoms in total. The van der Waals surface area contributed by atoms with Crippen LogP contribution in [-0.4, -0.2) is 18.2 Å². The largest absolute Gasteiger partial charge is 0.481 e. The monoisotopic (exact) mass is 434 g/mol. The summed E-state index contributed by atoms with van der Waals surface area (Å²) in [5, 5.41) is 8.89. The van der Waals surface area contributed by atoms with E-state index < -0.39 is 50.4 Å². The Morgan fingerprint density at radius 1 is 1.07 bits per heavy atom. The molecule has 0 aliphatic carbocycles. The molecule has 152 valence electrons. The highest BCUT2D eigenvalue weighted by molar-refractivity contribution is 6.36. The van der Waals surface area contributed by atoms with Crippen molar-refractivity contribution in [1.29, 1.82) is 0 Å². The summed E-state index contributed by atoms with van der Waals surface area (Å²) in [6.07, 6.45) is -0.321. The zero-order valence-corrected chi connectivity index (χ0v) is 17.0. The smallest absolute Gasteiger partial charge is 0.307 e. The Kier molecular flexibility index (Phi) is 7.02. The van der Waals surface area contributed by atoms with Gasteiger partial charge >= 0.3 is 5.97 Å². The number of hydrogen-bond donors (Lipinski definition) is 1. The standard InChI is InChI=1S/C20H19Cl2F3O3/c1-20(2,10-4-6-11(23)7-5-10)14(19(26)27)8-12-15(21)17(24)13(9-28-3)18(25)16(12)22/h4-7,14H,8-9H2,1-3H3,(H,26,27). The molecule has 2 aromatic rings. The van der Waals surface area contributed by atoms with Crippen molar-refractivity contribution in [3.63, 3.8) is 0 Å². The molecule has 1 atom stereocenters. The number of carboxylic acids is 1. The quantitative estimate of drug-likeness (QED) is 0.561. The van der Waals surface area contributed by atoms with Crippen molar-refractivity contribution in [3.8, 4) is 0 Å². The number of hydrogen-bond acceptors (Lipinski definition) is 2. The second-order valence-electron chi connectivity index (χ2n) is 6.97. The summed E-state index contributed by atoms with van der Waals surface area (Å²) < 4.78 is 47.0. The fourth-order valence-corrected chi connectivity index (χ4v) is 3.73. The summed E-state index contributed by atoms with van der Waals surface area (Å²) in [5.74, 6) is -4.88. The van der Waals surface area contributed by atoms with Crippen LogP contribution in [0.3, 0.4) is 0 Å². The van der Waals surface area contributed by atoms with Crippen LogP contribution in [0.15, 0.2) is 24.3 Å². The minimum Gasteiger partial charge on any atom is -0.481 e. The SMILES string of the molecule is COCc1c(F)c(Cl)c(CC(C(=O)O)C(C)(C)c2ccc(F)cc2)c(Cl)c1F. The number of carboxylic acid groups (broad SMARTS) is 1. The molecule has 1 unspecified atom stereocenters. The van der Waals surface area contributed by atoms with Crippen molar-refractivity contribution >= 4 is 29.2 Å². The Labute approximate surface area is 171 Å². The second-order valence-corrected chi connectivity index (χ2v) is 7.73. The van der Waals surface area contributed by atoms with Crippen LogP contribution in [-0.2, 0) is 28.0 Å². The Bertz CT molecular complexity index is 854. The van der Waals surface area contributed by atoms with Crippen molar-refractivity contribution in [2.45, 2.75) is 32.3 Å². The van der Waals surface area contributed by atoms with E-state index in [1.807, 2.05) is 0 Å². The van der Waals surface area contributed by atoms with E-state index in [4.69, 9.17) is 27.9 Å². The average molecular weight is 435 g/mol. The third-order valence-corrected chi connectivity index (χ3v) is 5.69. The van der Waals surface area contributed by atoms with Gasteiger partial charge in [-0.1, -0.05) is 49.2 Å². The van der Waals surface area contributed by atoms with Crippen molar-refractivity contribution in [1.82, 2.24) is 0 Å². The molecule has 0 spiro atoms. The van der Waals surface area contributed by atoms with Gasteiger partial charge in [0.2, 0.25) is 0 Å². The molecular weight excluding hydrogens is 416 g/mol. The van der Waals surface area contributed by atoms with Crippen molar-refractivity contribution in [3.05, 3.63) is 68.5 Å². The molecular formula is C20H19Cl2F3O3. The van der Waals surface area contributed by atoms with Gasteiger partial charge in [0.05, 0.1) is 28.1 Å². The number of benzene rings is 2. The Hall–Kier alpha value is -1.76. The van der Waals surface area contributed by atoms with E-state index in [1.165, 1.54) is 31.4 Å². The molecule has 2 rings (SSSR count). The lowest BCUT2D eigenvalue weighted by atomic mass is 9.71. The molecule has 0 fully saturated rings. The van der Waals surface area contributed by atoms with E-state index in [2.05, 4.69) is 0 Å². The van der Waals surface area contributed by atoms with Crippen LogP contribution in [0.5, 0.6) is 0 Å².